The summed E-state index contributed by atoms with van der Waals surface area (Å²) in [6, 6.07) is 1.32. The van der Waals surface area contributed by atoms with Gasteiger partial charge in [-0.15, -0.1) is 0 Å². The van der Waals surface area contributed by atoms with Gasteiger partial charge in [0.15, 0.2) is 11.5 Å². The van der Waals surface area contributed by atoms with Crippen LogP contribution >= 0.6 is 0 Å². The first-order valence-corrected chi connectivity index (χ1v) is 7.29. The van der Waals surface area contributed by atoms with E-state index in [-0.39, 0.29) is 10.5 Å². The zero-order valence-electron chi connectivity index (χ0n) is 10.9. The number of hydrogen-bond acceptors (Lipinski definition) is 5. The number of amides is 1. The lowest BCUT2D eigenvalue weighted by molar-refractivity contribution is 0.0983. The molecule has 1 aliphatic heterocycles. The maximum absolute atomic E-state index is 11.9. The van der Waals surface area contributed by atoms with Crippen molar-refractivity contribution < 1.29 is 22.7 Å². The largest absolute Gasteiger partial charge is 0.493 e. The predicted molar refractivity (Wildman–Crippen MR) is 68.2 cm³/mol. The lowest BCUT2D eigenvalue weighted by Crippen LogP contribution is -2.21. The number of nitrogens with one attached hydrogen (secondary N) is 1. The van der Waals surface area contributed by atoms with Crippen LogP contribution in [0.5, 0.6) is 11.5 Å². The fourth-order valence-corrected chi connectivity index (χ4v) is 3.42. The normalized spacial score (nSPS) is 15.8. The summed E-state index contributed by atoms with van der Waals surface area (Å²) in [6.07, 6.45) is 1.29. The number of fused-ring (bicyclic) bond motifs is 1. The molecule has 19 heavy (non-hydrogen) atoms. The van der Waals surface area contributed by atoms with Crippen molar-refractivity contribution in [3.05, 3.63) is 17.2 Å². The lowest BCUT2D eigenvalue weighted by atomic mass is 10.0. The second-order valence-corrected chi connectivity index (χ2v) is 5.80. The molecule has 0 atom stereocenters. The van der Waals surface area contributed by atoms with Crippen LogP contribution in [0, 0.1) is 0 Å². The molecule has 1 N–H and O–H groups in total. The molecule has 0 aromatic heterocycles. The molecule has 6 nitrogen and oxygen atoms in total. The third kappa shape index (κ3) is 2.03. The average molecular weight is 285 g/mol. The summed E-state index contributed by atoms with van der Waals surface area (Å²) in [5, 5.41) is 0. The molecule has 1 amide bonds. The van der Waals surface area contributed by atoms with Crippen LogP contribution in [0.3, 0.4) is 0 Å². The van der Waals surface area contributed by atoms with Crippen molar-refractivity contribution in [3.63, 3.8) is 0 Å². The molecule has 0 aliphatic carbocycles. The van der Waals surface area contributed by atoms with Gasteiger partial charge in [0.2, 0.25) is 0 Å². The Kier molecular flexibility index (Phi) is 3.40. The van der Waals surface area contributed by atoms with Crippen LogP contribution in [-0.4, -0.2) is 28.5 Å². The van der Waals surface area contributed by atoms with E-state index in [1.54, 1.807) is 0 Å². The van der Waals surface area contributed by atoms with Crippen molar-refractivity contribution in [1.82, 2.24) is 4.72 Å². The number of carbonyl (C=O) groups is 1. The minimum absolute atomic E-state index is 0.0430. The minimum atomic E-state index is -3.79. The quantitative estimate of drug-likeness (QED) is 0.895. The molecule has 0 fully saturated rings. The summed E-state index contributed by atoms with van der Waals surface area (Å²) in [5.41, 5.74) is 0.734. The Morgan fingerprint density at radius 3 is 2.47 bits per heavy atom. The summed E-state index contributed by atoms with van der Waals surface area (Å²) in [5.74, 6) is 0.111. The molecule has 1 aromatic carbocycles. The number of sulfonamides is 1. The van der Waals surface area contributed by atoms with Gasteiger partial charge in [0, 0.05) is 11.6 Å². The Balaban J connectivity index is 2.83. The summed E-state index contributed by atoms with van der Waals surface area (Å²) < 4.78 is 36.1. The van der Waals surface area contributed by atoms with E-state index in [4.69, 9.17) is 9.47 Å². The summed E-state index contributed by atoms with van der Waals surface area (Å²) in [6.45, 7) is 1.94. The molecular weight excluding hydrogens is 270 g/mol. The molecule has 0 unspecified atom stereocenters. The molecule has 0 saturated carbocycles. The summed E-state index contributed by atoms with van der Waals surface area (Å²) in [4.78, 5) is 11.8. The Morgan fingerprint density at radius 2 is 1.95 bits per heavy atom. The van der Waals surface area contributed by atoms with E-state index in [0.717, 1.165) is 6.42 Å². The van der Waals surface area contributed by atoms with Gasteiger partial charge in [-0.1, -0.05) is 13.3 Å². The fraction of sp³-hybridized carbons (Fsp3) is 0.417. The van der Waals surface area contributed by atoms with Gasteiger partial charge in [0.05, 0.1) is 19.8 Å². The van der Waals surface area contributed by atoms with E-state index in [9.17, 15) is 13.2 Å². The smallest absolute Gasteiger partial charge is 0.266 e. The highest BCUT2D eigenvalue weighted by Crippen LogP contribution is 2.40. The van der Waals surface area contributed by atoms with Crippen LogP contribution in [-0.2, 0) is 16.4 Å². The van der Waals surface area contributed by atoms with Crippen molar-refractivity contribution in [2.45, 2.75) is 24.7 Å². The second-order valence-electron chi connectivity index (χ2n) is 4.15. The number of rotatable bonds is 4. The molecule has 104 valence electrons. The zero-order chi connectivity index (χ0) is 14.2. The highest BCUT2D eigenvalue weighted by molar-refractivity contribution is 7.90. The predicted octanol–water partition coefficient (Wildman–Crippen LogP) is 1.09. The van der Waals surface area contributed by atoms with Crippen molar-refractivity contribution in [3.8, 4) is 11.5 Å². The Morgan fingerprint density at radius 1 is 1.26 bits per heavy atom. The highest BCUT2D eigenvalue weighted by atomic mass is 32.2. The first-order chi connectivity index (χ1) is 8.96. The first-order valence-electron chi connectivity index (χ1n) is 5.81. The van der Waals surface area contributed by atoms with Crippen LogP contribution in [0.2, 0.25) is 0 Å². The van der Waals surface area contributed by atoms with Crippen LogP contribution in [0.15, 0.2) is 11.0 Å². The lowest BCUT2D eigenvalue weighted by Gasteiger charge is -2.14. The van der Waals surface area contributed by atoms with Crippen molar-refractivity contribution in [1.29, 1.82) is 0 Å². The van der Waals surface area contributed by atoms with Gasteiger partial charge in [-0.3, -0.25) is 4.79 Å². The van der Waals surface area contributed by atoms with Gasteiger partial charge >= 0.3 is 0 Å². The fourth-order valence-electron chi connectivity index (χ4n) is 2.22. The van der Waals surface area contributed by atoms with E-state index in [2.05, 4.69) is 0 Å². The van der Waals surface area contributed by atoms with Gasteiger partial charge in [-0.25, -0.2) is 13.1 Å². The van der Waals surface area contributed by atoms with Gasteiger partial charge < -0.3 is 9.47 Å². The number of ether oxygens (including phenoxy) is 2. The van der Waals surface area contributed by atoms with Crippen LogP contribution < -0.4 is 14.2 Å². The number of benzene rings is 1. The molecule has 0 saturated heterocycles. The molecular formula is C12H15NO5S. The van der Waals surface area contributed by atoms with Gasteiger partial charge in [0.25, 0.3) is 15.9 Å². The van der Waals surface area contributed by atoms with E-state index in [0.29, 0.717) is 23.5 Å². The third-order valence-corrected chi connectivity index (χ3v) is 4.33. The molecule has 2 rings (SSSR count). The Hall–Kier alpha value is -1.76. The molecule has 1 aliphatic rings. The van der Waals surface area contributed by atoms with E-state index in [1.165, 1.54) is 20.3 Å². The van der Waals surface area contributed by atoms with E-state index < -0.39 is 15.9 Å². The van der Waals surface area contributed by atoms with Crippen molar-refractivity contribution in [2.24, 2.45) is 0 Å². The van der Waals surface area contributed by atoms with Crippen LogP contribution in [0.4, 0.5) is 0 Å². The molecule has 0 spiro atoms. The maximum atomic E-state index is 11.9. The van der Waals surface area contributed by atoms with E-state index >= 15 is 0 Å². The number of hydrogen-bond donors (Lipinski definition) is 1. The molecule has 0 radical (unpaired) electrons. The van der Waals surface area contributed by atoms with Crippen molar-refractivity contribution in [2.75, 3.05) is 14.2 Å². The average Bonchev–Trinajstić information content (AvgIpc) is 2.59. The highest BCUT2D eigenvalue weighted by Gasteiger charge is 2.37. The monoisotopic (exact) mass is 285 g/mol. The van der Waals surface area contributed by atoms with Crippen LogP contribution in [0.25, 0.3) is 0 Å². The number of carbonyl (C=O) groups excluding carboxylic acids is 1. The topological polar surface area (TPSA) is 81.7 Å². The number of methoxy groups -OCH3 is 2. The zero-order valence-corrected chi connectivity index (χ0v) is 11.8. The molecule has 7 heteroatoms. The third-order valence-electron chi connectivity index (χ3n) is 2.98. The van der Waals surface area contributed by atoms with Gasteiger partial charge in [-0.05, 0) is 6.42 Å². The Labute approximate surface area is 111 Å². The van der Waals surface area contributed by atoms with Gasteiger partial charge in [-0.2, -0.15) is 0 Å². The van der Waals surface area contributed by atoms with E-state index in [1.807, 2.05) is 11.6 Å². The molecule has 1 heterocycles. The molecule has 0 bridgehead atoms. The molecule has 1 aromatic rings. The Bertz CT molecular complexity index is 636. The van der Waals surface area contributed by atoms with Crippen molar-refractivity contribution >= 4 is 15.9 Å². The summed E-state index contributed by atoms with van der Waals surface area (Å²) >= 11 is 0. The first kappa shape index (κ1) is 13.7. The second kappa shape index (κ2) is 4.73. The SMILES string of the molecule is CCCc1c(OC)c(OC)cc2c1C(=O)NS2(=O)=O. The summed E-state index contributed by atoms with van der Waals surface area (Å²) in [7, 11) is -0.898. The minimum Gasteiger partial charge on any atom is -0.493 e. The van der Waals surface area contributed by atoms with Gasteiger partial charge in [0.1, 0.15) is 4.90 Å². The van der Waals surface area contributed by atoms with Crippen LogP contribution in [0.1, 0.15) is 29.3 Å². The maximum Gasteiger partial charge on any atom is 0.266 e. The standard InChI is InChI=1S/C12H15NO5S/c1-4-5-7-10-9(19(15,16)13-12(10)14)6-8(17-2)11(7)18-3/h6H,4-5H2,1-3H3,(H,13,14).